The number of carbonyl (C=O) groups is 2. The molecule has 31 heavy (non-hydrogen) atoms. The van der Waals surface area contributed by atoms with Crippen LogP contribution >= 0.6 is 0 Å². The molecule has 4 aromatic rings. The molecule has 0 bridgehead atoms. The predicted molar refractivity (Wildman–Crippen MR) is 107 cm³/mol. The Bertz CT molecular complexity index is 1290. The minimum absolute atomic E-state index is 0.254. The normalized spacial score (nSPS) is 10.8. The van der Waals surface area contributed by atoms with Gasteiger partial charge in [0.25, 0.3) is 5.91 Å². The fourth-order valence-corrected chi connectivity index (χ4v) is 2.99. The van der Waals surface area contributed by atoms with E-state index in [1.807, 2.05) is 0 Å². The third-order valence-electron chi connectivity index (χ3n) is 4.45. The zero-order valence-electron chi connectivity index (χ0n) is 15.8. The number of pyridine rings is 1. The molecule has 156 valence electrons. The van der Waals surface area contributed by atoms with Crippen LogP contribution in [0.15, 0.2) is 65.3 Å². The molecule has 2 aromatic heterocycles. The second-order valence-corrected chi connectivity index (χ2v) is 6.50. The summed E-state index contributed by atoms with van der Waals surface area (Å²) in [5, 5.41) is 5.08. The fourth-order valence-electron chi connectivity index (χ4n) is 2.99. The highest BCUT2D eigenvalue weighted by Crippen LogP contribution is 2.25. The number of aromatic nitrogens is 1. The molecule has 0 atom stereocenters. The number of carbonyl (C=O) groups excluding carboxylic acids is 2. The summed E-state index contributed by atoms with van der Waals surface area (Å²) in [7, 11) is 0. The first-order valence-corrected chi connectivity index (χ1v) is 9.09. The summed E-state index contributed by atoms with van der Waals surface area (Å²) in [4.78, 5) is 29.3. The van der Waals surface area contributed by atoms with E-state index in [2.05, 4.69) is 15.6 Å². The number of anilines is 1. The maximum Gasteiger partial charge on any atom is 0.252 e. The number of hydrogen-bond acceptors (Lipinski definition) is 4. The number of benzene rings is 2. The first-order chi connectivity index (χ1) is 14.9. The molecule has 2 heterocycles. The van der Waals surface area contributed by atoms with E-state index in [0.717, 1.165) is 6.07 Å². The summed E-state index contributed by atoms with van der Waals surface area (Å²) in [5.74, 6) is -5.53. The average molecular weight is 425 g/mol. The second-order valence-electron chi connectivity index (χ2n) is 6.50. The van der Waals surface area contributed by atoms with Gasteiger partial charge in [0, 0.05) is 5.39 Å². The molecule has 2 N–H and O–H groups in total. The Morgan fingerprint density at radius 2 is 1.77 bits per heavy atom. The van der Waals surface area contributed by atoms with E-state index >= 15 is 0 Å². The van der Waals surface area contributed by atoms with E-state index in [0.29, 0.717) is 28.4 Å². The van der Waals surface area contributed by atoms with Crippen LogP contribution in [0.25, 0.3) is 22.4 Å². The number of fused-ring (bicyclic) bond motifs is 1. The molecule has 2 aromatic carbocycles. The lowest BCUT2D eigenvalue weighted by Crippen LogP contribution is -2.33. The van der Waals surface area contributed by atoms with Gasteiger partial charge in [0.05, 0.1) is 29.6 Å². The number of nitrogens with one attached hydrogen (secondary N) is 2. The quantitative estimate of drug-likeness (QED) is 0.468. The minimum atomic E-state index is -1.70. The molecular weight excluding hydrogens is 411 g/mol. The first kappa shape index (κ1) is 20.1. The Morgan fingerprint density at radius 1 is 0.968 bits per heavy atom. The Labute approximate surface area is 173 Å². The van der Waals surface area contributed by atoms with Crippen molar-refractivity contribution in [3.63, 3.8) is 0 Å². The van der Waals surface area contributed by atoms with Crippen molar-refractivity contribution < 1.29 is 27.2 Å². The van der Waals surface area contributed by atoms with Gasteiger partial charge in [-0.3, -0.25) is 9.59 Å². The van der Waals surface area contributed by atoms with Crippen LogP contribution in [-0.2, 0) is 4.79 Å². The highest BCUT2D eigenvalue weighted by Gasteiger charge is 2.18. The molecule has 0 radical (unpaired) electrons. The van der Waals surface area contributed by atoms with Gasteiger partial charge in [-0.2, -0.15) is 0 Å². The van der Waals surface area contributed by atoms with Crippen molar-refractivity contribution >= 4 is 28.4 Å². The van der Waals surface area contributed by atoms with Gasteiger partial charge in [-0.1, -0.05) is 18.2 Å². The van der Waals surface area contributed by atoms with E-state index in [9.17, 15) is 22.8 Å². The van der Waals surface area contributed by atoms with Crippen LogP contribution in [-0.4, -0.2) is 23.3 Å². The van der Waals surface area contributed by atoms with Crippen LogP contribution in [0, 0.1) is 17.5 Å². The fraction of sp³-hybridized carbons (Fsp3) is 0.0455. The molecule has 0 saturated carbocycles. The van der Waals surface area contributed by atoms with Crippen LogP contribution in [0.4, 0.5) is 18.9 Å². The molecule has 9 heteroatoms. The van der Waals surface area contributed by atoms with Crippen LogP contribution < -0.4 is 10.6 Å². The monoisotopic (exact) mass is 425 g/mol. The van der Waals surface area contributed by atoms with Gasteiger partial charge in [-0.05, 0) is 36.4 Å². The maximum absolute atomic E-state index is 13.7. The van der Waals surface area contributed by atoms with Gasteiger partial charge in [0.1, 0.15) is 5.69 Å². The summed E-state index contributed by atoms with van der Waals surface area (Å²) in [6.45, 7) is -0.524. The number of amides is 2. The molecule has 0 spiro atoms. The molecule has 0 saturated heterocycles. The number of hydrogen-bond donors (Lipinski definition) is 2. The Morgan fingerprint density at radius 3 is 2.55 bits per heavy atom. The molecule has 6 nitrogen and oxygen atoms in total. The van der Waals surface area contributed by atoms with Gasteiger partial charge in [-0.15, -0.1) is 0 Å². The van der Waals surface area contributed by atoms with Crippen molar-refractivity contribution in [3.05, 3.63) is 83.9 Å². The van der Waals surface area contributed by atoms with Crippen LogP contribution in [0.1, 0.15) is 10.4 Å². The van der Waals surface area contributed by atoms with Crippen LogP contribution in [0.2, 0.25) is 0 Å². The van der Waals surface area contributed by atoms with Gasteiger partial charge in [0.2, 0.25) is 5.91 Å². The maximum atomic E-state index is 13.7. The van der Waals surface area contributed by atoms with E-state index < -0.39 is 41.5 Å². The van der Waals surface area contributed by atoms with Crippen molar-refractivity contribution in [2.24, 2.45) is 0 Å². The van der Waals surface area contributed by atoms with E-state index in [-0.39, 0.29) is 5.56 Å². The molecular formula is C22H14F3N3O3. The van der Waals surface area contributed by atoms with Crippen LogP contribution in [0.5, 0.6) is 0 Å². The second kappa shape index (κ2) is 8.31. The molecule has 0 fully saturated rings. The highest BCUT2D eigenvalue weighted by molar-refractivity contribution is 6.08. The standard InChI is InChI=1S/C22H14F3N3O3/c23-14-7-8-16(21(25)20(14)24)28-19(29)11-26-22(30)13-10-17(18-6-3-9-31-18)27-15-5-2-1-4-12(13)15/h1-10H,11H2,(H,26,30)(H,28,29). The number of para-hydroxylation sites is 1. The smallest absolute Gasteiger partial charge is 0.252 e. The summed E-state index contributed by atoms with van der Waals surface area (Å²) in [6.07, 6.45) is 1.48. The Balaban J connectivity index is 1.53. The molecule has 0 aliphatic heterocycles. The Hall–Kier alpha value is -4.14. The molecule has 0 unspecified atom stereocenters. The van der Waals surface area contributed by atoms with Gasteiger partial charge in [-0.25, -0.2) is 18.2 Å². The number of nitrogens with zero attached hydrogens (tertiary/aromatic N) is 1. The molecule has 4 rings (SSSR count). The third-order valence-corrected chi connectivity index (χ3v) is 4.45. The lowest BCUT2D eigenvalue weighted by molar-refractivity contribution is -0.115. The topological polar surface area (TPSA) is 84.2 Å². The van der Waals surface area contributed by atoms with Crippen molar-refractivity contribution in [1.29, 1.82) is 0 Å². The van der Waals surface area contributed by atoms with Gasteiger partial charge in [0.15, 0.2) is 23.2 Å². The zero-order valence-corrected chi connectivity index (χ0v) is 15.8. The molecule has 0 aliphatic carbocycles. The van der Waals surface area contributed by atoms with Crippen molar-refractivity contribution in [3.8, 4) is 11.5 Å². The predicted octanol–water partition coefficient (Wildman–Crippen LogP) is 4.28. The van der Waals surface area contributed by atoms with Crippen molar-refractivity contribution in [2.75, 3.05) is 11.9 Å². The first-order valence-electron chi connectivity index (χ1n) is 9.09. The largest absolute Gasteiger partial charge is 0.463 e. The lowest BCUT2D eigenvalue weighted by atomic mass is 10.1. The highest BCUT2D eigenvalue weighted by atomic mass is 19.2. The van der Waals surface area contributed by atoms with Gasteiger partial charge >= 0.3 is 0 Å². The lowest BCUT2D eigenvalue weighted by Gasteiger charge is -2.11. The van der Waals surface area contributed by atoms with E-state index in [1.54, 1.807) is 36.4 Å². The third kappa shape index (κ3) is 4.11. The number of furan rings is 1. The summed E-state index contributed by atoms with van der Waals surface area (Å²) >= 11 is 0. The molecule has 0 aliphatic rings. The van der Waals surface area contributed by atoms with Crippen molar-refractivity contribution in [2.45, 2.75) is 0 Å². The Kier molecular flexibility index (Phi) is 5.40. The van der Waals surface area contributed by atoms with E-state index in [4.69, 9.17) is 4.42 Å². The SMILES string of the molecule is O=C(CNC(=O)c1cc(-c2ccco2)nc2ccccc12)Nc1ccc(F)c(F)c1F. The summed E-state index contributed by atoms with van der Waals surface area (Å²) < 4.78 is 45.4. The van der Waals surface area contributed by atoms with Crippen molar-refractivity contribution in [1.82, 2.24) is 10.3 Å². The van der Waals surface area contributed by atoms with E-state index in [1.165, 1.54) is 12.3 Å². The number of rotatable bonds is 5. The average Bonchev–Trinajstić information content (AvgIpc) is 3.32. The zero-order chi connectivity index (χ0) is 22.0. The minimum Gasteiger partial charge on any atom is -0.463 e. The number of halogens is 3. The molecule has 2 amide bonds. The summed E-state index contributed by atoms with van der Waals surface area (Å²) in [5.41, 5.74) is 0.702. The van der Waals surface area contributed by atoms with Gasteiger partial charge < -0.3 is 15.1 Å². The van der Waals surface area contributed by atoms with Crippen LogP contribution in [0.3, 0.4) is 0 Å². The summed E-state index contributed by atoms with van der Waals surface area (Å²) in [6, 6.07) is 13.4.